The maximum atomic E-state index is 10.7. The van der Waals surface area contributed by atoms with Crippen molar-refractivity contribution >= 4 is 5.97 Å². The summed E-state index contributed by atoms with van der Waals surface area (Å²) >= 11 is 0. The molecule has 0 fully saturated rings. The quantitative estimate of drug-likeness (QED) is 0.718. The molecule has 74 valence electrons. The number of carbonyl (C=O) groups is 1. The fourth-order valence-corrected chi connectivity index (χ4v) is 1.57. The van der Waals surface area contributed by atoms with Gasteiger partial charge in [0.2, 0.25) is 0 Å². The second kappa shape index (κ2) is 3.31. The van der Waals surface area contributed by atoms with Crippen LogP contribution >= 0.6 is 0 Å². The Morgan fingerprint density at radius 2 is 2.43 bits per heavy atom. The Labute approximate surface area is 81.3 Å². The summed E-state index contributed by atoms with van der Waals surface area (Å²) in [6.07, 6.45) is -0.309. The topological polar surface area (TPSA) is 72.6 Å². The number of aliphatic carboxylic acids is 1. The van der Waals surface area contributed by atoms with Gasteiger partial charge < -0.3 is 15.6 Å². The molecule has 1 aromatic carbocycles. The molecular formula is C10H11NO3. The molecule has 1 heterocycles. The fraction of sp³-hybridized carbons (Fsp3) is 0.300. The Morgan fingerprint density at radius 1 is 1.64 bits per heavy atom. The van der Waals surface area contributed by atoms with Crippen LogP contribution in [0.25, 0.3) is 0 Å². The maximum absolute atomic E-state index is 10.7. The van der Waals surface area contributed by atoms with Gasteiger partial charge >= 0.3 is 5.97 Å². The van der Waals surface area contributed by atoms with E-state index in [1.54, 1.807) is 6.07 Å². The van der Waals surface area contributed by atoms with Gasteiger partial charge in [0.15, 0.2) is 6.10 Å². The summed E-state index contributed by atoms with van der Waals surface area (Å²) in [5, 5.41) is 8.76. The molecule has 0 aromatic heterocycles. The number of benzene rings is 1. The maximum Gasteiger partial charge on any atom is 0.345 e. The molecule has 2 rings (SSSR count). The molecule has 1 unspecified atom stereocenters. The number of carboxylic acid groups (broad SMARTS) is 1. The van der Waals surface area contributed by atoms with Gasteiger partial charge in [-0.1, -0.05) is 12.1 Å². The first-order valence-corrected chi connectivity index (χ1v) is 4.42. The minimum absolute atomic E-state index is 0.429. The first-order valence-electron chi connectivity index (χ1n) is 4.42. The fourth-order valence-electron chi connectivity index (χ4n) is 1.57. The lowest BCUT2D eigenvalue weighted by Crippen LogP contribution is -2.24. The van der Waals surface area contributed by atoms with E-state index in [4.69, 9.17) is 15.6 Å². The van der Waals surface area contributed by atoms with Crippen LogP contribution in [0, 0.1) is 0 Å². The molecule has 4 heteroatoms. The van der Waals surface area contributed by atoms with E-state index in [9.17, 15) is 4.79 Å². The third-order valence-electron chi connectivity index (χ3n) is 2.31. The molecule has 3 N–H and O–H groups in total. The van der Waals surface area contributed by atoms with Crippen molar-refractivity contribution in [2.75, 3.05) is 0 Å². The molecule has 1 aromatic rings. The van der Waals surface area contributed by atoms with Crippen LogP contribution in [0.15, 0.2) is 18.2 Å². The summed E-state index contributed by atoms with van der Waals surface area (Å²) in [5.74, 6) is -0.259. The number of hydrogen-bond donors (Lipinski definition) is 2. The molecule has 1 atom stereocenters. The average molecular weight is 193 g/mol. The third kappa shape index (κ3) is 1.44. The lowest BCUT2D eigenvalue weighted by Gasteiger charge is -2.03. The van der Waals surface area contributed by atoms with Crippen LogP contribution in [0.4, 0.5) is 0 Å². The number of ether oxygens (including phenoxy) is 1. The van der Waals surface area contributed by atoms with Crippen LogP contribution in [-0.4, -0.2) is 17.2 Å². The van der Waals surface area contributed by atoms with Crippen molar-refractivity contribution in [2.45, 2.75) is 19.1 Å². The number of carboxylic acids is 1. The van der Waals surface area contributed by atoms with Gasteiger partial charge in [-0.2, -0.15) is 0 Å². The second-order valence-corrected chi connectivity index (χ2v) is 3.30. The van der Waals surface area contributed by atoms with Gasteiger partial charge in [-0.15, -0.1) is 0 Å². The Bertz CT molecular complexity index is 376. The van der Waals surface area contributed by atoms with E-state index in [1.165, 1.54) is 0 Å². The van der Waals surface area contributed by atoms with Crippen LogP contribution in [0.3, 0.4) is 0 Å². The Balaban J connectivity index is 2.27. The summed E-state index contributed by atoms with van der Waals surface area (Å²) in [7, 11) is 0. The number of hydrogen-bond acceptors (Lipinski definition) is 3. The van der Waals surface area contributed by atoms with Crippen LogP contribution in [-0.2, 0) is 17.8 Å². The van der Waals surface area contributed by atoms with E-state index >= 15 is 0 Å². The summed E-state index contributed by atoms with van der Waals surface area (Å²) in [6, 6.07) is 5.53. The lowest BCUT2D eigenvalue weighted by atomic mass is 10.1. The zero-order chi connectivity index (χ0) is 10.1. The largest absolute Gasteiger partial charge is 0.478 e. The normalized spacial score (nSPS) is 18.8. The van der Waals surface area contributed by atoms with Gasteiger partial charge in [0.05, 0.1) is 0 Å². The van der Waals surface area contributed by atoms with Gasteiger partial charge in [0, 0.05) is 13.0 Å². The van der Waals surface area contributed by atoms with E-state index in [0.29, 0.717) is 18.7 Å². The van der Waals surface area contributed by atoms with E-state index in [-0.39, 0.29) is 0 Å². The third-order valence-corrected chi connectivity index (χ3v) is 2.31. The highest BCUT2D eigenvalue weighted by atomic mass is 16.5. The molecule has 4 nitrogen and oxygen atoms in total. The predicted octanol–water partition coefficient (Wildman–Crippen LogP) is 0.533. The minimum atomic E-state index is -0.921. The first-order chi connectivity index (χ1) is 6.70. The SMILES string of the molecule is NCc1ccc2c(c1)CC(C(=O)O)O2. The van der Waals surface area contributed by atoms with Crippen molar-refractivity contribution in [1.29, 1.82) is 0 Å². The summed E-state index contributed by atoms with van der Waals surface area (Å²) < 4.78 is 5.23. The van der Waals surface area contributed by atoms with Crippen molar-refractivity contribution in [1.82, 2.24) is 0 Å². The van der Waals surface area contributed by atoms with Crippen molar-refractivity contribution in [3.05, 3.63) is 29.3 Å². The highest BCUT2D eigenvalue weighted by molar-refractivity contribution is 5.74. The molecule has 0 bridgehead atoms. The monoisotopic (exact) mass is 193 g/mol. The number of rotatable bonds is 2. The lowest BCUT2D eigenvalue weighted by molar-refractivity contribution is -0.144. The second-order valence-electron chi connectivity index (χ2n) is 3.30. The zero-order valence-corrected chi connectivity index (χ0v) is 7.56. The van der Waals surface area contributed by atoms with Crippen LogP contribution < -0.4 is 10.5 Å². The molecule has 14 heavy (non-hydrogen) atoms. The zero-order valence-electron chi connectivity index (χ0n) is 7.56. The average Bonchev–Trinajstić information content (AvgIpc) is 2.59. The van der Waals surface area contributed by atoms with Gasteiger partial charge in [-0.25, -0.2) is 4.79 Å². The van der Waals surface area contributed by atoms with Crippen LogP contribution in [0.1, 0.15) is 11.1 Å². The van der Waals surface area contributed by atoms with Crippen LogP contribution in [0.2, 0.25) is 0 Å². The minimum Gasteiger partial charge on any atom is -0.478 e. The molecule has 1 aliphatic heterocycles. The molecule has 0 saturated heterocycles. The van der Waals surface area contributed by atoms with Crippen molar-refractivity contribution in [3.8, 4) is 5.75 Å². The molecule has 0 spiro atoms. The van der Waals surface area contributed by atoms with E-state index < -0.39 is 12.1 Å². The number of nitrogens with two attached hydrogens (primary N) is 1. The Kier molecular flexibility index (Phi) is 2.13. The summed E-state index contributed by atoms with van der Waals surface area (Å²) in [4.78, 5) is 10.7. The van der Waals surface area contributed by atoms with Gasteiger partial charge in [0.25, 0.3) is 0 Å². The Hall–Kier alpha value is -1.55. The molecule has 1 aliphatic rings. The standard InChI is InChI=1S/C10H11NO3/c11-5-6-1-2-8-7(3-6)4-9(14-8)10(12)13/h1-3,9H,4-5,11H2,(H,12,13). The van der Waals surface area contributed by atoms with Crippen molar-refractivity contribution in [3.63, 3.8) is 0 Å². The van der Waals surface area contributed by atoms with Crippen molar-refractivity contribution in [2.24, 2.45) is 5.73 Å². The van der Waals surface area contributed by atoms with E-state index in [2.05, 4.69) is 0 Å². The Morgan fingerprint density at radius 3 is 3.07 bits per heavy atom. The van der Waals surface area contributed by atoms with Gasteiger partial charge in [0.1, 0.15) is 5.75 Å². The summed E-state index contributed by atoms with van der Waals surface area (Å²) in [6.45, 7) is 0.463. The smallest absolute Gasteiger partial charge is 0.345 e. The highest BCUT2D eigenvalue weighted by Crippen LogP contribution is 2.29. The van der Waals surface area contributed by atoms with Crippen LogP contribution in [0.5, 0.6) is 5.75 Å². The number of fused-ring (bicyclic) bond motifs is 1. The first kappa shape index (κ1) is 9.02. The van der Waals surface area contributed by atoms with E-state index in [0.717, 1.165) is 11.1 Å². The predicted molar refractivity (Wildman–Crippen MR) is 50.1 cm³/mol. The van der Waals surface area contributed by atoms with Gasteiger partial charge in [-0.3, -0.25) is 0 Å². The van der Waals surface area contributed by atoms with Crippen molar-refractivity contribution < 1.29 is 14.6 Å². The molecular weight excluding hydrogens is 182 g/mol. The molecule has 0 aliphatic carbocycles. The van der Waals surface area contributed by atoms with Gasteiger partial charge in [-0.05, 0) is 17.2 Å². The van der Waals surface area contributed by atoms with E-state index in [1.807, 2.05) is 12.1 Å². The molecule has 0 amide bonds. The molecule has 0 saturated carbocycles. The summed E-state index contributed by atoms with van der Waals surface area (Å²) in [5.41, 5.74) is 7.41. The highest BCUT2D eigenvalue weighted by Gasteiger charge is 2.28. The molecule has 0 radical (unpaired) electrons.